The Bertz CT molecular complexity index is 1330. The molecule has 3 heterocycles. The molecule has 0 saturated heterocycles. The van der Waals surface area contributed by atoms with Gasteiger partial charge in [0, 0.05) is 23.3 Å². The van der Waals surface area contributed by atoms with Gasteiger partial charge in [0.15, 0.2) is 10.2 Å². The molecule has 0 unspecified atom stereocenters. The number of carbonyl (C=O) groups excluding carboxylic acids is 1. The van der Waals surface area contributed by atoms with E-state index in [0.717, 1.165) is 47.5 Å². The van der Waals surface area contributed by atoms with Crippen LogP contribution >= 0.6 is 23.1 Å². The van der Waals surface area contributed by atoms with Gasteiger partial charge in [0.05, 0.1) is 11.8 Å². The highest BCUT2D eigenvalue weighted by molar-refractivity contribution is 7.99. The van der Waals surface area contributed by atoms with Crippen LogP contribution in [0.5, 0.6) is 0 Å². The third kappa shape index (κ3) is 5.29. The lowest BCUT2D eigenvalue weighted by atomic mass is 9.95. The minimum atomic E-state index is -0.0670. The number of aromatic nitrogens is 2. The number of amides is 1. The van der Waals surface area contributed by atoms with Gasteiger partial charge >= 0.3 is 0 Å². The summed E-state index contributed by atoms with van der Waals surface area (Å²) in [6, 6.07) is 15.6. The molecule has 34 heavy (non-hydrogen) atoms. The van der Waals surface area contributed by atoms with E-state index in [1.807, 2.05) is 55.5 Å². The van der Waals surface area contributed by atoms with Gasteiger partial charge in [-0.25, -0.2) is 15.0 Å². The molecule has 8 heteroatoms. The highest BCUT2D eigenvalue weighted by Crippen LogP contribution is 2.40. The molecule has 0 atom stereocenters. The number of benzene rings is 1. The zero-order valence-corrected chi connectivity index (χ0v) is 20.4. The van der Waals surface area contributed by atoms with E-state index in [-0.39, 0.29) is 5.91 Å². The first-order valence-corrected chi connectivity index (χ1v) is 12.9. The van der Waals surface area contributed by atoms with Crippen molar-refractivity contribution >= 4 is 40.2 Å². The lowest BCUT2D eigenvalue weighted by Crippen LogP contribution is -2.24. The molecular formula is C26H24N4O2S2. The maximum absolute atomic E-state index is 13.2. The monoisotopic (exact) mass is 488 g/mol. The summed E-state index contributed by atoms with van der Waals surface area (Å²) in [5.74, 6) is 0.555. The van der Waals surface area contributed by atoms with Crippen molar-refractivity contribution in [2.45, 2.75) is 49.4 Å². The van der Waals surface area contributed by atoms with E-state index in [1.165, 1.54) is 16.6 Å². The molecule has 1 aliphatic carbocycles. The minimum Gasteiger partial charge on any atom is -0.448 e. The third-order valence-corrected chi connectivity index (χ3v) is 7.55. The topological polar surface area (TPSA) is 80.4 Å². The number of carbonyl (C=O) groups is 1. The SMILES string of the molecule is Cc1ccnc(Sc2ccc(C=Nc3sc4c(c3C(=O)NCc3ccccc3)CCCC4)o2)n1. The molecule has 0 saturated carbocycles. The Balaban J connectivity index is 1.34. The van der Waals surface area contributed by atoms with Crippen LogP contribution in [-0.2, 0) is 19.4 Å². The molecule has 0 aliphatic heterocycles. The molecule has 0 bridgehead atoms. The number of nitrogens with one attached hydrogen (secondary N) is 1. The van der Waals surface area contributed by atoms with Crippen LogP contribution in [0.3, 0.4) is 0 Å². The van der Waals surface area contributed by atoms with Gasteiger partial charge in [0.25, 0.3) is 5.91 Å². The normalized spacial score (nSPS) is 13.2. The number of fused-ring (bicyclic) bond motifs is 1. The summed E-state index contributed by atoms with van der Waals surface area (Å²) in [6.07, 6.45) is 7.61. The van der Waals surface area contributed by atoms with Crippen molar-refractivity contribution in [1.29, 1.82) is 0 Å². The van der Waals surface area contributed by atoms with Crippen LogP contribution in [0.25, 0.3) is 0 Å². The minimum absolute atomic E-state index is 0.0670. The van der Waals surface area contributed by atoms with Crippen molar-refractivity contribution in [1.82, 2.24) is 15.3 Å². The summed E-state index contributed by atoms with van der Waals surface area (Å²) >= 11 is 2.98. The van der Waals surface area contributed by atoms with E-state index in [4.69, 9.17) is 9.41 Å². The molecule has 3 aromatic heterocycles. The second-order valence-electron chi connectivity index (χ2n) is 8.06. The summed E-state index contributed by atoms with van der Waals surface area (Å²) in [7, 11) is 0. The number of rotatable bonds is 7. The van der Waals surface area contributed by atoms with Crippen molar-refractivity contribution in [3.63, 3.8) is 0 Å². The zero-order valence-electron chi connectivity index (χ0n) is 18.8. The largest absolute Gasteiger partial charge is 0.448 e. The van der Waals surface area contributed by atoms with E-state index < -0.39 is 0 Å². The van der Waals surface area contributed by atoms with Gasteiger partial charge in [-0.15, -0.1) is 11.3 Å². The average Bonchev–Trinajstić information content (AvgIpc) is 3.46. The van der Waals surface area contributed by atoms with Crippen LogP contribution in [0.2, 0.25) is 0 Å². The maximum Gasteiger partial charge on any atom is 0.254 e. The second kappa shape index (κ2) is 10.4. The van der Waals surface area contributed by atoms with Gasteiger partial charge in [-0.1, -0.05) is 30.3 Å². The standard InChI is InChI=1S/C26H24N4O2S2/c1-17-13-14-27-26(30-17)34-22-12-11-19(32-22)16-29-25-23(20-9-5-6-10-21(20)33-25)24(31)28-15-18-7-3-2-4-8-18/h2-4,7-8,11-14,16H,5-6,9-10,15H2,1H3,(H,28,31). The number of thiophene rings is 1. The Kier molecular flexibility index (Phi) is 6.87. The van der Waals surface area contributed by atoms with Crippen LogP contribution in [0.4, 0.5) is 5.00 Å². The molecule has 4 aromatic rings. The maximum atomic E-state index is 13.2. The number of hydrogen-bond acceptors (Lipinski definition) is 7. The van der Waals surface area contributed by atoms with E-state index in [9.17, 15) is 4.79 Å². The summed E-state index contributed by atoms with van der Waals surface area (Å²) in [5, 5.41) is 5.15. The van der Waals surface area contributed by atoms with E-state index in [1.54, 1.807) is 23.7 Å². The molecule has 0 fully saturated rings. The van der Waals surface area contributed by atoms with Crippen molar-refractivity contribution in [3.8, 4) is 0 Å². The molecule has 6 nitrogen and oxygen atoms in total. The molecule has 1 aromatic carbocycles. The van der Waals surface area contributed by atoms with Crippen LogP contribution in [0.15, 0.2) is 74.4 Å². The van der Waals surface area contributed by atoms with Gasteiger partial charge < -0.3 is 9.73 Å². The third-order valence-electron chi connectivity index (χ3n) is 5.55. The first kappa shape index (κ1) is 22.6. The van der Waals surface area contributed by atoms with Crippen LogP contribution in [0, 0.1) is 6.92 Å². The number of furan rings is 1. The van der Waals surface area contributed by atoms with Gasteiger partial charge in [-0.05, 0) is 73.7 Å². The van der Waals surface area contributed by atoms with E-state index >= 15 is 0 Å². The Morgan fingerprint density at radius 2 is 2.03 bits per heavy atom. The molecule has 0 spiro atoms. The van der Waals surface area contributed by atoms with Crippen LogP contribution < -0.4 is 5.32 Å². The molecule has 0 radical (unpaired) electrons. The van der Waals surface area contributed by atoms with Crippen LogP contribution in [0.1, 0.15) is 50.7 Å². The Morgan fingerprint density at radius 1 is 1.18 bits per heavy atom. The molecule has 172 valence electrons. The summed E-state index contributed by atoms with van der Waals surface area (Å²) in [5.41, 5.74) is 3.84. The predicted molar refractivity (Wildman–Crippen MR) is 135 cm³/mol. The molecule has 1 N–H and O–H groups in total. The lowest BCUT2D eigenvalue weighted by Gasteiger charge is -2.12. The summed E-state index contributed by atoms with van der Waals surface area (Å²) in [4.78, 5) is 27.8. The van der Waals surface area contributed by atoms with Gasteiger partial charge in [0.1, 0.15) is 10.8 Å². The Labute approximate surface area is 206 Å². The highest BCUT2D eigenvalue weighted by Gasteiger charge is 2.25. The number of aryl methyl sites for hydroxylation is 2. The Morgan fingerprint density at radius 3 is 2.88 bits per heavy atom. The number of nitrogens with zero attached hydrogens (tertiary/aromatic N) is 3. The molecule has 1 aliphatic rings. The van der Waals surface area contributed by atoms with E-state index in [0.29, 0.717) is 28.1 Å². The first-order valence-electron chi connectivity index (χ1n) is 11.2. The zero-order chi connectivity index (χ0) is 23.3. The van der Waals surface area contributed by atoms with Crippen molar-refractivity contribution in [2.75, 3.05) is 0 Å². The van der Waals surface area contributed by atoms with Gasteiger partial charge in [0.2, 0.25) is 0 Å². The molecule has 1 amide bonds. The number of hydrogen-bond donors (Lipinski definition) is 1. The molecular weight excluding hydrogens is 464 g/mol. The van der Waals surface area contributed by atoms with E-state index in [2.05, 4.69) is 15.3 Å². The predicted octanol–water partition coefficient (Wildman–Crippen LogP) is 6.15. The summed E-state index contributed by atoms with van der Waals surface area (Å²) < 4.78 is 5.89. The quantitative estimate of drug-likeness (QED) is 0.249. The fourth-order valence-electron chi connectivity index (χ4n) is 3.89. The number of aliphatic imine (C=N–C) groups is 1. The summed E-state index contributed by atoms with van der Waals surface area (Å²) in [6.45, 7) is 2.42. The van der Waals surface area contributed by atoms with Crippen molar-refractivity contribution < 1.29 is 9.21 Å². The molecule has 5 rings (SSSR count). The van der Waals surface area contributed by atoms with Gasteiger partial charge in [-0.3, -0.25) is 4.79 Å². The first-order chi connectivity index (χ1) is 16.7. The average molecular weight is 489 g/mol. The van der Waals surface area contributed by atoms with Gasteiger partial charge in [-0.2, -0.15) is 0 Å². The fourth-order valence-corrected chi connectivity index (χ4v) is 5.88. The lowest BCUT2D eigenvalue weighted by molar-refractivity contribution is 0.0951. The highest BCUT2D eigenvalue weighted by atomic mass is 32.2. The van der Waals surface area contributed by atoms with Crippen molar-refractivity contribution in [3.05, 3.63) is 87.7 Å². The van der Waals surface area contributed by atoms with Crippen LogP contribution in [-0.4, -0.2) is 22.1 Å². The fraction of sp³-hybridized carbons (Fsp3) is 0.231. The Hall–Kier alpha value is -3.23. The second-order valence-corrected chi connectivity index (χ2v) is 10.1. The van der Waals surface area contributed by atoms with Crippen molar-refractivity contribution in [2.24, 2.45) is 4.99 Å². The smallest absolute Gasteiger partial charge is 0.254 e.